The van der Waals surface area contributed by atoms with Gasteiger partial charge < -0.3 is 39.5 Å². The summed E-state index contributed by atoms with van der Waals surface area (Å²) in [5.41, 5.74) is 2.89. The van der Waals surface area contributed by atoms with E-state index in [0.717, 1.165) is 0 Å². The number of rotatable bonds is 7. The molecule has 0 spiro atoms. The summed E-state index contributed by atoms with van der Waals surface area (Å²) in [6.07, 6.45) is 6.67. The van der Waals surface area contributed by atoms with E-state index in [9.17, 15) is 19.2 Å². The largest absolute Gasteiger partial charge is 0.354 e. The van der Waals surface area contributed by atoms with Gasteiger partial charge in [0.15, 0.2) is 0 Å². The zero-order chi connectivity index (χ0) is 26.9. The lowest BCUT2D eigenvalue weighted by Gasteiger charge is -2.03. The Labute approximate surface area is 212 Å². The third-order valence-corrected chi connectivity index (χ3v) is 5.89. The summed E-state index contributed by atoms with van der Waals surface area (Å²) in [6.45, 7) is 0. The van der Waals surface area contributed by atoms with Gasteiger partial charge >= 0.3 is 0 Å². The van der Waals surface area contributed by atoms with Gasteiger partial charge in [0, 0.05) is 60.0 Å². The topological polar surface area (TPSA) is 136 Å². The van der Waals surface area contributed by atoms with Gasteiger partial charge in [-0.25, -0.2) is 0 Å². The van der Waals surface area contributed by atoms with Crippen molar-refractivity contribution >= 4 is 40.7 Å². The quantitative estimate of drug-likeness (QED) is 0.307. The van der Waals surface area contributed by atoms with Crippen LogP contribution in [-0.4, -0.2) is 48.9 Å². The van der Waals surface area contributed by atoms with Gasteiger partial charge in [0.25, 0.3) is 23.6 Å². The second kappa shape index (κ2) is 9.93. The first-order valence-electron chi connectivity index (χ1n) is 11.3. The van der Waals surface area contributed by atoms with E-state index in [2.05, 4.69) is 21.3 Å². The SMILES string of the molecule is CNC(=O)c1cc(NC(=O)c2cc(NC(=O)c3cc(NC(=O)c4cccn4C)cn3C)cn2C)cn1C. The minimum Gasteiger partial charge on any atom is -0.354 e. The summed E-state index contributed by atoms with van der Waals surface area (Å²) in [6, 6.07) is 8.18. The summed E-state index contributed by atoms with van der Waals surface area (Å²) in [4.78, 5) is 50.2. The van der Waals surface area contributed by atoms with Gasteiger partial charge in [0.05, 0.1) is 17.1 Å². The first-order chi connectivity index (χ1) is 17.6. The van der Waals surface area contributed by atoms with E-state index < -0.39 is 11.8 Å². The zero-order valence-electron chi connectivity index (χ0n) is 21.1. The average Bonchev–Trinajstić information content (AvgIpc) is 3.60. The molecular formula is C25H28N8O4. The molecule has 0 bridgehead atoms. The highest BCUT2D eigenvalue weighted by atomic mass is 16.2. The van der Waals surface area contributed by atoms with Crippen molar-refractivity contribution < 1.29 is 19.2 Å². The smallest absolute Gasteiger partial charge is 0.272 e. The third kappa shape index (κ3) is 5.17. The van der Waals surface area contributed by atoms with Crippen LogP contribution in [0, 0.1) is 0 Å². The molecule has 4 heterocycles. The molecule has 4 N–H and O–H groups in total. The fourth-order valence-corrected chi connectivity index (χ4v) is 3.99. The van der Waals surface area contributed by atoms with Gasteiger partial charge in [-0.1, -0.05) is 0 Å². The highest BCUT2D eigenvalue weighted by molar-refractivity contribution is 6.08. The number of carbonyl (C=O) groups excluding carboxylic acids is 4. The lowest BCUT2D eigenvalue weighted by Crippen LogP contribution is -2.20. The Morgan fingerprint density at radius 2 is 0.946 bits per heavy atom. The van der Waals surface area contributed by atoms with Gasteiger partial charge in [-0.15, -0.1) is 0 Å². The number of carbonyl (C=O) groups is 4. The van der Waals surface area contributed by atoms with Crippen LogP contribution in [0.2, 0.25) is 0 Å². The molecule has 0 saturated carbocycles. The monoisotopic (exact) mass is 504 g/mol. The summed E-state index contributed by atoms with van der Waals surface area (Å²) >= 11 is 0. The van der Waals surface area contributed by atoms with Crippen LogP contribution < -0.4 is 21.3 Å². The lowest BCUT2D eigenvalue weighted by molar-refractivity contribution is 0.0952. The fraction of sp³-hybridized carbons (Fsp3) is 0.200. The van der Waals surface area contributed by atoms with Crippen LogP contribution in [0.1, 0.15) is 42.0 Å². The first-order valence-corrected chi connectivity index (χ1v) is 11.3. The van der Waals surface area contributed by atoms with E-state index in [1.54, 1.807) is 102 Å². The van der Waals surface area contributed by atoms with Crippen molar-refractivity contribution in [1.82, 2.24) is 23.6 Å². The molecule has 0 aromatic carbocycles. The minimum atomic E-state index is -0.405. The number of aryl methyl sites for hydroxylation is 4. The summed E-state index contributed by atoms with van der Waals surface area (Å²) in [7, 11) is 8.40. The van der Waals surface area contributed by atoms with Crippen molar-refractivity contribution in [3.63, 3.8) is 0 Å². The van der Waals surface area contributed by atoms with Crippen molar-refractivity contribution in [3.8, 4) is 0 Å². The van der Waals surface area contributed by atoms with Crippen molar-refractivity contribution in [2.75, 3.05) is 23.0 Å². The van der Waals surface area contributed by atoms with Crippen LogP contribution in [0.5, 0.6) is 0 Å². The number of nitrogens with zero attached hydrogens (tertiary/aromatic N) is 4. The molecule has 0 aliphatic rings. The molecule has 0 aliphatic heterocycles. The van der Waals surface area contributed by atoms with Crippen LogP contribution in [0.25, 0.3) is 0 Å². The molecule has 0 atom stereocenters. The van der Waals surface area contributed by atoms with E-state index in [4.69, 9.17) is 0 Å². The summed E-state index contributed by atoms with van der Waals surface area (Å²) < 4.78 is 6.51. The second-order valence-corrected chi connectivity index (χ2v) is 8.62. The normalized spacial score (nSPS) is 10.7. The van der Waals surface area contributed by atoms with Gasteiger partial charge in [-0.3, -0.25) is 19.2 Å². The molecule has 0 radical (unpaired) electrons. The maximum absolute atomic E-state index is 12.9. The molecule has 4 amide bonds. The van der Waals surface area contributed by atoms with Crippen LogP contribution in [0.4, 0.5) is 17.1 Å². The fourth-order valence-electron chi connectivity index (χ4n) is 3.99. The number of anilines is 3. The molecule has 0 saturated heterocycles. The Morgan fingerprint density at radius 1 is 0.568 bits per heavy atom. The zero-order valence-corrected chi connectivity index (χ0v) is 21.1. The molecule has 12 nitrogen and oxygen atoms in total. The standard InChI is InChI=1S/C25H28N8O4/c1-26-22(34)19-9-15(12-31(19)3)28-24(36)21-11-17(14-33(21)5)29-25(37)20-10-16(13-32(20)4)27-23(35)18-7-6-8-30(18)2/h6-14H,1-5H3,(H,26,34)(H,27,35)(H,28,36)(H,29,37). The van der Waals surface area contributed by atoms with E-state index in [1.165, 1.54) is 7.05 Å². The molecule has 4 rings (SSSR count). The van der Waals surface area contributed by atoms with E-state index in [-0.39, 0.29) is 11.8 Å². The first kappa shape index (κ1) is 25.1. The predicted octanol–water partition coefficient (Wildman–Crippen LogP) is 2.16. The highest BCUT2D eigenvalue weighted by Crippen LogP contribution is 2.20. The van der Waals surface area contributed by atoms with Crippen LogP contribution in [-0.2, 0) is 28.2 Å². The van der Waals surface area contributed by atoms with Crippen LogP contribution >= 0.6 is 0 Å². The molecule has 4 aromatic heterocycles. The van der Waals surface area contributed by atoms with Crippen molar-refractivity contribution in [3.05, 3.63) is 77.9 Å². The molecular weight excluding hydrogens is 476 g/mol. The maximum atomic E-state index is 12.9. The van der Waals surface area contributed by atoms with Gasteiger partial charge in [-0.2, -0.15) is 0 Å². The molecule has 4 aromatic rings. The highest BCUT2D eigenvalue weighted by Gasteiger charge is 2.19. The number of aromatic nitrogens is 4. The Kier molecular flexibility index (Phi) is 6.74. The Bertz CT molecular complexity index is 1520. The van der Waals surface area contributed by atoms with E-state index in [0.29, 0.717) is 39.8 Å². The van der Waals surface area contributed by atoms with Gasteiger partial charge in [-0.05, 0) is 30.3 Å². The van der Waals surface area contributed by atoms with Gasteiger partial charge in [0.2, 0.25) is 0 Å². The Balaban J connectivity index is 1.44. The molecule has 0 aliphatic carbocycles. The average molecular weight is 505 g/mol. The minimum absolute atomic E-state index is 0.268. The Hall–Kier alpha value is -5.00. The van der Waals surface area contributed by atoms with Crippen molar-refractivity contribution in [1.29, 1.82) is 0 Å². The van der Waals surface area contributed by atoms with E-state index in [1.807, 2.05) is 0 Å². The molecule has 0 unspecified atom stereocenters. The lowest BCUT2D eigenvalue weighted by atomic mass is 10.3. The van der Waals surface area contributed by atoms with Crippen molar-refractivity contribution in [2.24, 2.45) is 28.2 Å². The summed E-state index contributed by atoms with van der Waals surface area (Å²) in [5, 5.41) is 10.9. The number of nitrogens with one attached hydrogen (secondary N) is 4. The molecule has 12 heteroatoms. The summed E-state index contributed by atoms with van der Waals surface area (Å²) in [5.74, 6) is -1.36. The van der Waals surface area contributed by atoms with Crippen LogP contribution in [0.15, 0.2) is 55.1 Å². The predicted molar refractivity (Wildman–Crippen MR) is 139 cm³/mol. The van der Waals surface area contributed by atoms with Gasteiger partial charge in [0.1, 0.15) is 22.8 Å². The number of amides is 4. The Morgan fingerprint density at radius 3 is 1.30 bits per heavy atom. The molecule has 0 fully saturated rings. The van der Waals surface area contributed by atoms with Crippen molar-refractivity contribution in [2.45, 2.75) is 0 Å². The molecule has 37 heavy (non-hydrogen) atoms. The van der Waals surface area contributed by atoms with E-state index >= 15 is 0 Å². The number of hydrogen-bond donors (Lipinski definition) is 4. The maximum Gasteiger partial charge on any atom is 0.272 e. The second-order valence-electron chi connectivity index (χ2n) is 8.62. The third-order valence-electron chi connectivity index (χ3n) is 5.89. The molecule has 192 valence electrons. The van der Waals surface area contributed by atoms with Crippen LogP contribution in [0.3, 0.4) is 0 Å². The number of hydrogen-bond acceptors (Lipinski definition) is 4.